The van der Waals surface area contributed by atoms with Crippen molar-refractivity contribution in [1.82, 2.24) is 5.32 Å². The van der Waals surface area contributed by atoms with Crippen LogP contribution in [0.5, 0.6) is 0 Å². The molecule has 2 rings (SSSR count). The quantitative estimate of drug-likeness (QED) is 0.764. The van der Waals surface area contributed by atoms with Crippen molar-refractivity contribution < 1.29 is 9.53 Å². The first-order chi connectivity index (χ1) is 7.69. The Hall–Kier alpha value is -1.35. The Morgan fingerprint density at radius 2 is 2.06 bits per heavy atom. The lowest BCUT2D eigenvalue weighted by atomic mass is 9.79. The molecule has 86 valence electrons. The number of hydrogen-bond acceptors (Lipinski definition) is 3. The predicted molar refractivity (Wildman–Crippen MR) is 62.4 cm³/mol. The van der Waals surface area contributed by atoms with Crippen molar-refractivity contribution in [3.05, 3.63) is 35.4 Å². The fourth-order valence-electron chi connectivity index (χ4n) is 2.30. The van der Waals surface area contributed by atoms with Crippen LogP contribution in [-0.4, -0.2) is 26.2 Å². The van der Waals surface area contributed by atoms with E-state index in [1.54, 1.807) is 0 Å². The minimum Gasteiger partial charge on any atom is -0.468 e. The third-order valence-corrected chi connectivity index (χ3v) is 3.34. The molecule has 0 spiro atoms. The van der Waals surface area contributed by atoms with Crippen molar-refractivity contribution in [1.29, 1.82) is 0 Å². The lowest BCUT2D eigenvalue weighted by molar-refractivity contribution is -0.146. The second-order valence-electron chi connectivity index (χ2n) is 4.37. The molecular weight excluding hydrogens is 202 g/mol. The van der Waals surface area contributed by atoms with E-state index in [0.29, 0.717) is 6.54 Å². The van der Waals surface area contributed by atoms with E-state index in [2.05, 4.69) is 5.32 Å². The van der Waals surface area contributed by atoms with Gasteiger partial charge in [-0.2, -0.15) is 0 Å². The van der Waals surface area contributed by atoms with E-state index in [0.717, 1.165) is 18.5 Å². The van der Waals surface area contributed by atoms with Gasteiger partial charge in [-0.15, -0.1) is 0 Å². The Balaban J connectivity index is 2.39. The summed E-state index contributed by atoms with van der Waals surface area (Å²) in [5.41, 5.74) is 1.77. The van der Waals surface area contributed by atoms with Crippen LogP contribution < -0.4 is 5.32 Å². The number of carbonyl (C=O) groups is 1. The second kappa shape index (κ2) is 4.26. The lowest BCUT2D eigenvalue weighted by Gasteiger charge is -2.25. The highest BCUT2D eigenvalue weighted by atomic mass is 16.5. The van der Waals surface area contributed by atoms with Crippen LogP contribution in [-0.2, 0) is 14.9 Å². The molecule has 0 aromatic heterocycles. The highest BCUT2D eigenvalue weighted by Crippen LogP contribution is 2.32. The van der Waals surface area contributed by atoms with Crippen LogP contribution in [0.25, 0.3) is 0 Å². The molecule has 0 radical (unpaired) electrons. The Labute approximate surface area is 95.8 Å². The van der Waals surface area contributed by atoms with E-state index < -0.39 is 5.41 Å². The first kappa shape index (κ1) is 11.1. The molecule has 16 heavy (non-hydrogen) atoms. The van der Waals surface area contributed by atoms with Gasteiger partial charge in [0.15, 0.2) is 0 Å². The van der Waals surface area contributed by atoms with Crippen LogP contribution in [0.4, 0.5) is 0 Å². The lowest BCUT2D eigenvalue weighted by Crippen LogP contribution is -2.39. The average molecular weight is 219 g/mol. The number of aryl methyl sites for hydroxylation is 1. The first-order valence-corrected chi connectivity index (χ1v) is 5.55. The largest absolute Gasteiger partial charge is 0.468 e. The van der Waals surface area contributed by atoms with Gasteiger partial charge in [-0.1, -0.05) is 29.8 Å². The number of carbonyl (C=O) groups excluding carboxylic acids is 1. The zero-order valence-corrected chi connectivity index (χ0v) is 9.75. The molecule has 1 N–H and O–H groups in total. The van der Waals surface area contributed by atoms with Gasteiger partial charge >= 0.3 is 5.97 Å². The smallest absolute Gasteiger partial charge is 0.317 e. The maximum Gasteiger partial charge on any atom is 0.317 e. The number of ether oxygens (including phenoxy) is 1. The van der Waals surface area contributed by atoms with Crippen molar-refractivity contribution in [2.75, 3.05) is 20.2 Å². The molecule has 3 nitrogen and oxygen atoms in total. The molecule has 1 aromatic carbocycles. The molecule has 0 aliphatic carbocycles. The van der Waals surface area contributed by atoms with E-state index in [1.807, 2.05) is 31.2 Å². The number of benzene rings is 1. The Morgan fingerprint density at radius 1 is 1.38 bits per heavy atom. The van der Waals surface area contributed by atoms with Gasteiger partial charge in [0.2, 0.25) is 0 Å². The van der Waals surface area contributed by atoms with Crippen LogP contribution in [0.2, 0.25) is 0 Å². The molecule has 0 saturated carbocycles. The van der Waals surface area contributed by atoms with Gasteiger partial charge in [-0.05, 0) is 25.5 Å². The van der Waals surface area contributed by atoms with E-state index >= 15 is 0 Å². The van der Waals surface area contributed by atoms with Gasteiger partial charge in [-0.25, -0.2) is 0 Å². The molecule has 1 aliphatic rings. The van der Waals surface area contributed by atoms with Gasteiger partial charge < -0.3 is 10.1 Å². The zero-order valence-electron chi connectivity index (χ0n) is 9.75. The third-order valence-electron chi connectivity index (χ3n) is 3.34. The summed E-state index contributed by atoms with van der Waals surface area (Å²) < 4.78 is 4.94. The summed E-state index contributed by atoms with van der Waals surface area (Å²) in [6.45, 7) is 3.58. The van der Waals surface area contributed by atoms with Gasteiger partial charge in [0.05, 0.1) is 7.11 Å². The molecule has 1 fully saturated rings. The number of esters is 1. The minimum absolute atomic E-state index is 0.138. The van der Waals surface area contributed by atoms with E-state index in [1.165, 1.54) is 12.7 Å². The summed E-state index contributed by atoms with van der Waals surface area (Å²) in [5.74, 6) is -0.138. The zero-order chi connectivity index (χ0) is 11.6. The van der Waals surface area contributed by atoms with Gasteiger partial charge in [-0.3, -0.25) is 4.79 Å². The fraction of sp³-hybridized carbons (Fsp3) is 0.462. The van der Waals surface area contributed by atoms with Crippen molar-refractivity contribution in [3.63, 3.8) is 0 Å². The number of hydrogen-bond donors (Lipinski definition) is 1. The molecular formula is C13H17NO2. The van der Waals surface area contributed by atoms with Crippen molar-refractivity contribution in [2.24, 2.45) is 0 Å². The van der Waals surface area contributed by atoms with Gasteiger partial charge in [0.25, 0.3) is 0 Å². The van der Waals surface area contributed by atoms with Gasteiger partial charge in [0.1, 0.15) is 5.41 Å². The van der Waals surface area contributed by atoms with E-state index in [-0.39, 0.29) is 5.97 Å². The number of rotatable bonds is 2. The summed E-state index contributed by atoms with van der Waals surface area (Å²) in [6.07, 6.45) is 0.808. The maximum absolute atomic E-state index is 12.0. The fourth-order valence-corrected chi connectivity index (χ4v) is 2.30. The minimum atomic E-state index is -0.484. The molecule has 0 bridgehead atoms. The molecule has 0 unspecified atom stereocenters. The highest BCUT2D eigenvalue weighted by Gasteiger charge is 2.43. The summed E-state index contributed by atoms with van der Waals surface area (Å²) in [5, 5.41) is 3.24. The average Bonchev–Trinajstić information content (AvgIpc) is 2.79. The van der Waals surface area contributed by atoms with Crippen molar-refractivity contribution >= 4 is 5.97 Å². The number of methoxy groups -OCH3 is 1. The molecule has 1 saturated heterocycles. The Bertz CT molecular complexity index is 377. The molecule has 3 heteroatoms. The second-order valence-corrected chi connectivity index (χ2v) is 4.37. The predicted octanol–water partition coefficient (Wildman–Crippen LogP) is 1.40. The van der Waals surface area contributed by atoms with Crippen LogP contribution in [0, 0.1) is 6.92 Å². The highest BCUT2D eigenvalue weighted by molar-refractivity contribution is 5.84. The van der Waals surface area contributed by atoms with E-state index in [9.17, 15) is 4.79 Å². The Morgan fingerprint density at radius 3 is 2.56 bits per heavy atom. The molecule has 1 atom stereocenters. The monoisotopic (exact) mass is 219 g/mol. The summed E-state index contributed by atoms with van der Waals surface area (Å²) in [4.78, 5) is 12.0. The number of nitrogens with one attached hydrogen (secondary N) is 1. The maximum atomic E-state index is 12.0. The standard InChI is InChI=1S/C13H17NO2/c1-10-3-5-11(6-4-10)13(12(15)16-2)7-8-14-9-13/h3-6,14H,7-9H2,1-2H3/t13-/m0/s1. The van der Waals surface area contributed by atoms with Crippen molar-refractivity contribution in [2.45, 2.75) is 18.8 Å². The summed E-state index contributed by atoms with van der Waals surface area (Å²) >= 11 is 0. The topological polar surface area (TPSA) is 38.3 Å². The normalized spacial score (nSPS) is 24.4. The summed E-state index contributed by atoms with van der Waals surface area (Å²) in [6, 6.07) is 8.13. The molecule has 1 aromatic rings. The Kier molecular flexibility index (Phi) is 2.97. The van der Waals surface area contributed by atoms with Crippen molar-refractivity contribution in [3.8, 4) is 0 Å². The van der Waals surface area contributed by atoms with Crippen LogP contribution >= 0.6 is 0 Å². The van der Waals surface area contributed by atoms with Crippen LogP contribution in [0.1, 0.15) is 17.5 Å². The summed E-state index contributed by atoms with van der Waals surface area (Å²) in [7, 11) is 1.45. The van der Waals surface area contributed by atoms with Gasteiger partial charge in [0, 0.05) is 6.54 Å². The van der Waals surface area contributed by atoms with Crippen LogP contribution in [0.15, 0.2) is 24.3 Å². The SMILES string of the molecule is COC(=O)[C@@]1(c2ccc(C)cc2)CCNC1. The van der Waals surface area contributed by atoms with E-state index in [4.69, 9.17) is 4.74 Å². The first-order valence-electron chi connectivity index (χ1n) is 5.55. The van der Waals surface area contributed by atoms with Crippen LogP contribution in [0.3, 0.4) is 0 Å². The molecule has 1 heterocycles. The molecule has 0 amide bonds. The molecule has 1 aliphatic heterocycles. The third kappa shape index (κ3) is 1.71.